The summed E-state index contributed by atoms with van der Waals surface area (Å²) in [6, 6.07) is 10.8. The van der Waals surface area contributed by atoms with Gasteiger partial charge in [-0.15, -0.1) is 11.3 Å². The second kappa shape index (κ2) is 8.59. The molecular formula is C26H22N2O6S. The topological polar surface area (TPSA) is 110 Å². The maximum absolute atomic E-state index is 13.7. The summed E-state index contributed by atoms with van der Waals surface area (Å²) in [6.45, 7) is 1.94. The first kappa shape index (κ1) is 22.7. The fourth-order valence-corrected chi connectivity index (χ4v) is 5.45. The van der Waals surface area contributed by atoms with Gasteiger partial charge in [0.2, 0.25) is 5.75 Å². The summed E-state index contributed by atoms with van der Waals surface area (Å²) >= 11 is 1.14. The van der Waals surface area contributed by atoms with Crippen LogP contribution in [-0.2, 0) is 4.74 Å². The van der Waals surface area contributed by atoms with Gasteiger partial charge in [0.25, 0.3) is 0 Å². The van der Waals surface area contributed by atoms with Crippen LogP contribution >= 0.6 is 11.3 Å². The smallest absolute Gasteiger partial charge is 0.350 e. The van der Waals surface area contributed by atoms with Gasteiger partial charge in [0.05, 0.1) is 44.9 Å². The van der Waals surface area contributed by atoms with Gasteiger partial charge in [-0.05, 0) is 24.6 Å². The van der Waals surface area contributed by atoms with Crippen molar-refractivity contribution in [2.75, 3.05) is 33.7 Å². The minimum absolute atomic E-state index is 0.169. The molecule has 8 nitrogen and oxygen atoms in total. The Hall–Kier alpha value is -4.11. The molecule has 178 valence electrons. The van der Waals surface area contributed by atoms with Crippen molar-refractivity contribution in [1.29, 1.82) is 0 Å². The van der Waals surface area contributed by atoms with Crippen molar-refractivity contribution in [3.05, 3.63) is 52.4 Å². The Bertz CT molecular complexity index is 1500. The quantitative estimate of drug-likeness (QED) is 0.333. The van der Waals surface area contributed by atoms with Gasteiger partial charge in [-0.3, -0.25) is 4.79 Å². The van der Waals surface area contributed by atoms with Crippen LogP contribution in [0.2, 0.25) is 0 Å². The Morgan fingerprint density at radius 3 is 2.26 bits per heavy atom. The molecule has 4 aromatic rings. The lowest BCUT2D eigenvalue weighted by molar-refractivity contribution is 0.0533. The average Bonchev–Trinajstić information content (AvgIpc) is 3.36. The highest BCUT2D eigenvalue weighted by Gasteiger charge is 2.35. The van der Waals surface area contributed by atoms with Crippen molar-refractivity contribution in [3.8, 4) is 39.6 Å². The summed E-state index contributed by atoms with van der Waals surface area (Å²) in [4.78, 5) is 31.9. The Morgan fingerprint density at radius 2 is 1.66 bits per heavy atom. The monoisotopic (exact) mass is 490 g/mol. The minimum atomic E-state index is -0.532. The number of nitrogen functional groups attached to an aromatic ring is 1. The Balaban J connectivity index is 1.92. The van der Waals surface area contributed by atoms with E-state index in [2.05, 4.69) is 0 Å². The normalized spacial score (nSPS) is 11.8. The van der Waals surface area contributed by atoms with E-state index >= 15 is 0 Å². The molecule has 2 aromatic heterocycles. The van der Waals surface area contributed by atoms with Crippen molar-refractivity contribution in [2.45, 2.75) is 6.92 Å². The van der Waals surface area contributed by atoms with Gasteiger partial charge in [0.1, 0.15) is 9.71 Å². The number of aromatic nitrogens is 1. The van der Waals surface area contributed by atoms with Gasteiger partial charge in [-0.25, -0.2) is 9.78 Å². The first-order valence-electron chi connectivity index (χ1n) is 10.8. The number of nitrogens with zero attached hydrogens (tertiary/aromatic N) is 1. The number of rotatable bonds is 6. The number of esters is 1. The zero-order valence-electron chi connectivity index (χ0n) is 19.6. The number of anilines is 1. The highest BCUT2D eigenvalue weighted by Crippen LogP contribution is 2.50. The van der Waals surface area contributed by atoms with Gasteiger partial charge in [0, 0.05) is 22.1 Å². The maximum atomic E-state index is 13.7. The van der Waals surface area contributed by atoms with Gasteiger partial charge < -0.3 is 24.7 Å². The van der Waals surface area contributed by atoms with Crippen LogP contribution in [0, 0.1) is 0 Å². The number of ketones is 1. The Morgan fingerprint density at radius 1 is 1.00 bits per heavy atom. The zero-order valence-corrected chi connectivity index (χ0v) is 20.4. The van der Waals surface area contributed by atoms with Crippen molar-refractivity contribution in [1.82, 2.24) is 4.98 Å². The van der Waals surface area contributed by atoms with E-state index in [0.29, 0.717) is 55.4 Å². The summed E-state index contributed by atoms with van der Waals surface area (Å²) in [5.74, 6) is 0.555. The Kier molecular flexibility index (Phi) is 5.56. The summed E-state index contributed by atoms with van der Waals surface area (Å²) in [5.41, 5.74) is 10.1. The largest absolute Gasteiger partial charge is 0.493 e. The van der Waals surface area contributed by atoms with Crippen LogP contribution in [0.25, 0.3) is 32.6 Å². The number of fused-ring (bicyclic) bond motifs is 4. The molecule has 0 aliphatic heterocycles. The molecule has 0 spiro atoms. The van der Waals surface area contributed by atoms with Crippen LogP contribution in [0.4, 0.5) is 5.69 Å². The second-order valence-corrected chi connectivity index (χ2v) is 8.74. The highest BCUT2D eigenvalue weighted by atomic mass is 32.1. The lowest BCUT2D eigenvalue weighted by Crippen LogP contribution is -2.05. The van der Waals surface area contributed by atoms with Crippen LogP contribution in [0.15, 0.2) is 36.4 Å². The van der Waals surface area contributed by atoms with Crippen LogP contribution < -0.4 is 19.9 Å². The van der Waals surface area contributed by atoms with E-state index in [4.69, 9.17) is 29.7 Å². The van der Waals surface area contributed by atoms with E-state index in [9.17, 15) is 9.59 Å². The first-order valence-corrected chi connectivity index (χ1v) is 11.6. The molecule has 0 saturated heterocycles. The van der Waals surface area contributed by atoms with Crippen LogP contribution in [0.3, 0.4) is 0 Å². The lowest BCUT2D eigenvalue weighted by Gasteiger charge is -2.16. The predicted octanol–water partition coefficient (Wildman–Crippen LogP) is 4.96. The molecule has 0 unspecified atom stereocenters. The molecular weight excluding hydrogens is 468 g/mol. The second-order valence-electron chi connectivity index (χ2n) is 7.74. The molecule has 0 radical (unpaired) electrons. The summed E-state index contributed by atoms with van der Waals surface area (Å²) in [7, 11) is 4.56. The molecule has 0 fully saturated rings. The van der Waals surface area contributed by atoms with E-state index < -0.39 is 5.97 Å². The SMILES string of the molecule is CCOC(=O)c1sc2nc3c(c(-c4cc(OC)c(OC)c(OC)c4)c2c1N)C(=O)c1ccccc1-3. The number of hydrogen-bond acceptors (Lipinski definition) is 9. The molecule has 2 aromatic carbocycles. The third-order valence-corrected chi connectivity index (χ3v) is 7.02. The molecule has 0 atom stereocenters. The third kappa shape index (κ3) is 3.30. The van der Waals surface area contributed by atoms with E-state index in [0.717, 1.165) is 16.9 Å². The number of carbonyl (C=O) groups is 2. The number of pyridine rings is 1. The van der Waals surface area contributed by atoms with E-state index in [1.54, 1.807) is 25.1 Å². The molecule has 0 saturated carbocycles. The summed E-state index contributed by atoms with van der Waals surface area (Å²) in [5, 5.41) is 0.507. The molecule has 9 heteroatoms. The molecule has 2 N–H and O–H groups in total. The molecule has 0 bridgehead atoms. The average molecular weight is 491 g/mol. The van der Waals surface area contributed by atoms with Crippen molar-refractivity contribution in [3.63, 3.8) is 0 Å². The molecule has 2 heterocycles. The van der Waals surface area contributed by atoms with Gasteiger partial charge in [-0.2, -0.15) is 0 Å². The van der Waals surface area contributed by atoms with Crippen LogP contribution in [-0.4, -0.2) is 44.7 Å². The number of benzene rings is 2. The van der Waals surface area contributed by atoms with Crippen molar-refractivity contribution >= 4 is 39.0 Å². The molecule has 1 aliphatic rings. The zero-order chi connectivity index (χ0) is 24.9. The van der Waals surface area contributed by atoms with Crippen LogP contribution in [0.1, 0.15) is 32.5 Å². The fraction of sp³-hybridized carbons (Fsp3) is 0.192. The van der Waals surface area contributed by atoms with Crippen molar-refractivity contribution < 1.29 is 28.5 Å². The molecule has 35 heavy (non-hydrogen) atoms. The third-order valence-electron chi connectivity index (χ3n) is 5.94. The lowest BCUT2D eigenvalue weighted by atomic mass is 9.94. The number of ether oxygens (including phenoxy) is 4. The van der Waals surface area contributed by atoms with Crippen molar-refractivity contribution in [2.24, 2.45) is 0 Å². The Labute approximate surface area is 205 Å². The van der Waals surface area contributed by atoms with E-state index in [1.165, 1.54) is 21.3 Å². The van der Waals surface area contributed by atoms with E-state index in [-0.39, 0.29) is 23.0 Å². The van der Waals surface area contributed by atoms with Crippen LogP contribution in [0.5, 0.6) is 17.2 Å². The molecule has 5 rings (SSSR count). The number of nitrogens with two attached hydrogens (primary N) is 1. The standard InChI is InChI=1S/C26H22N2O6S/c1-5-34-26(30)24-20(27)18-17(12-10-15(31-2)23(33-4)16(11-12)32-3)19-21(28-25(18)35-24)13-8-6-7-9-14(13)22(19)29/h6-11H,5,27H2,1-4H3. The fourth-order valence-electron chi connectivity index (χ4n) is 4.45. The van der Waals surface area contributed by atoms with Gasteiger partial charge >= 0.3 is 5.97 Å². The minimum Gasteiger partial charge on any atom is -0.493 e. The first-order chi connectivity index (χ1) is 16.9. The maximum Gasteiger partial charge on any atom is 0.350 e. The number of methoxy groups -OCH3 is 3. The van der Waals surface area contributed by atoms with Gasteiger partial charge in [0.15, 0.2) is 17.3 Å². The highest BCUT2D eigenvalue weighted by molar-refractivity contribution is 7.21. The van der Waals surface area contributed by atoms with E-state index in [1.807, 2.05) is 18.2 Å². The number of carbonyl (C=O) groups excluding carboxylic acids is 2. The summed E-state index contributed by atoms with van der Waals surface area (Å²) in [6.07, 6.45) is 0. The van der Waals surface area contributed by atoms with Gasteiger partial charge in [-0.1, -0.05) is 24.3 Å². The predicted molar refractivity (Wildman–Crippen MR) is 134 cm³/mol. The summed E-state index contributed by atoms with van der Waals surface area (Å²) < 4.78 is 21.8. The number of thiophene rings is 1. The molecule has 0 amide bonds. The number of hydrogen-bond donors (Lipinski definition) is 1. The molecule has 1 aliphatic carbocycles.